The minimum absolute atomic E-state index is 0.00543. The third-order valence-corrected chi connectivity index (χ3v) is 5.72. The number of pyridine rings is 1. The summed E-state index contributed by atoms with van der Waals surface area (Å²) >= 11 is 1.58. The van der Waals surface area contributed by atoms with E-state index in [2.05, 4.69) is 48.1 Å². The van der Waals surface area contributed by atoms with Crippen molar-refractivity contribution in [1.82, 2.24) is 20.4 Å². The molecule has 0 aliphatic carbocycles. The Labute approximate surface area is 169 Å². The molecule has 150 valence electrons. The molecule has 7 heteroatoms. The number of rotatable bonds is 7. The molecule has 3 rings (SSSR count). The molecule has 0 saturated heterocycles. The molecule has 1 amide bonds. The van der Waals surface area contributed by atoms with Crippen molar-refractivity contribution in [3.63, 3.8) is 0 Å². The van der Waals surface area contributed by atoms with Crippen LogP contribution < -0.4 is 5.32 Å². The van der Waals surface area contributed by atoms with E-state index in [0.717, 1.165) is 17.1 Å². The van der Waals surface area contributed by atoms with Crippen molar-refractivity contribution in [2.24, 2.45) is 0 Å². The molecule has 3 aromatic rings. The minimum Gasteiger partial charge on any atom is -0.348 e. The highest BCUT2D eigenvalue weighted by Gasteiger charge is 2.22. The van der Waals surface area contributed by atoms with Crippen LogP contribution in [-0.2, 0) is 0 Å². The third kappa shape index (κ3) is 4.25. The van der Waals surface area contributed by atoms with Gasteiger partial charge in [0.25, 0.3) is 11.6 Å². The Balaban J connectivity index is 1.89. The molecule has 6 nitrogen and oxygen atoms in total. The maximum Gasteiger partial charge on any atom is 0.259 e. The molecule has 3 aromatic heterocycles. The van der Waals surface area contributed by atoms with E-state index in [9.17, 15) is 4.79 Å². The van der Waals surface area contributed by atoms with E-state index in [0.29, 0.717) is 34.4 Å². The molecular weight excluding hydrogens is 372 g/mol. The first kappa shape index (κ1) is 20.5. The maximum absolute atomic E-state index is 13.1. The Morgan fingerprint density at radius 1 is 1.25 bits per heavy atom. The van der Waals surface area contributed by atoms with Crippen LogP contribution in [0.25, 0.3) is 21.7 Å². The summed E-state index contributed by atoms with van der Waals surface area (Å²) in [4.78, 5) is 21.0. The second-order valence-corrected chi connectivity index (χ2v) is 8.69. The lowest BCUT2D eigenvalue weighted by Gasteiger charge is -2.33. The van der Waals surface area contributed by atoms with Crippen molar-refractivity contribution in [2.45, 2.75) is 59.7 Å². The standard InChI is InChI=1S/C21H28N4O2S/c1-12(2)25(13(3)4)11-14(5)22-20(26)16-10-17(18-8-7-9-28-18)23-21-19(16)15(6)24-27-21/h7-10,12-14H,11H2,1-6H3,(H,22,26)/t14-/m0/s1. The third-order valence-electron chi connectivity index (χ3n) is 4.82. The van der Waals surface area contributed by atoms with Crippen molar-refractivity contribution < 1.29 is 9.32 Å². The fraction of sp³-hybridized carbons (Fsp3) is 0.476. The summed E-state index contributed by atoms with van der Waals surface area (Å²) in [5.41, 5.74) is 2.35. The number of aromatic nitrogens is 2. The highest BCUT2D eigenvalue weighted by molar-refractivity contribution is 7.13. The van der Waals surface area contributed by atoms with Gasteiger partial charge in [0, 0.05) is 24.7 Å². The van der Waals surface area contributed by atoms with E-state index in [1.165, 1.54) is 0 Å². The monoisotopic (exact) mass is 400 g/mol. The lowest BCUT2D eigenvalue weighted by molar-refractivity contribution is 0.0913. The molecule has 0 fully saturated rings. The van der Waals surface area contributed by atoms with Crippen molar-refractivity contribution >= 4 is 28.3 Å². The number of aryl methyl sites for hydroxylation is 1. The summed E-state index contributed by atoms with van der Waals surface area (Å²) in [6.45, 7) is 13.4. The van der Waals surface area contributed by atoms with Crippen LogP contribution in [0.4, 0.5) is 0 Å². The lowest BCUT2D eigenvalue weighted by Crippen LogP contribution is -2.47. The molecule has 0 aliphatic rings. The molecule has 0 saturated carbocycles. The first-order chi connectivity index (χ1) is 13.3. The summed E-state index contributed by atoms with van der Waals surface area (Å²) in [7, 11) is 0. The van der Waals surface area contributed by atoms with Crippen LogP contribution in [-0.4, -0.2) is 45.6 Å². The van der Waals surface area contributed by atoms with Crippen LogP contribution in [0.3, 0.4) is 0 Å². The van der Waals surface area contributed by atoms with Crippen molar-refractivity contribution in [1.29, 1.82) is 0 Å². The lowest BCUT2D eigenvalue weighted by atomic mass is 10.1. The first-order valence-corrected chi connectivity index (χ1v) is 10.5. The van der Waals surface area contributed by atoms with Gasteiger partial charge in [-0.25, -0.2) is 4.98 Å². The Hall–Kier alpha value is -2.25. The number of hydrogen-bond donors (Lipinski definition) is 1. The number of nitrogens with one attached hydrogen (secondary N) is 1. The highest BCUT2D eigenvalue weighted by Crippen LogP contribution is 2.29. The van der Waals surface area contributed by atoms with Gasteiger partial charge < -0.3 is 9.84 Å². The normalized spacial score (nSPS) is 13.0. The predicted octanol–water partition coefficient (Wildman–Crippen LogP) is 4.50. The molecule has 0 spiro atoms. The molecule has 3 heterocycles. The first-order valence-electron chi connectivity index (χ1n) is 9.65. The Morgan fingerprint density at radius 3 is 2.57 bits per heavy atom. The minimum atomic E-state index is -0.128. The van der Waals surface area contributed by atoms with Gasteiger partial charge in [-0.05, 0) is 59.1 Å². The van der Waals surface area contributed by atoms with Crippen LogP contribution in [0.1, 0.15) is 50.7 Å². The van der Waals surface area contributed by atoms with Crippen LogP contribution in [0.15, 0.2) is 28.1 Å². The summed E-state index contributed by atoms with van der Waals surface area (Å²) < 4.78 is 5.37. The molecule has 1 N–H and O–H groups in total. The second kappa shape index (κ2) is 8.41. The quantitative estimate of drug-likeness (QED) is 0.632. The Morgan fingerprint density at radius 2 is 1.96 bits per heavy atom. The summed E-state index contributed by atoms with van der Waals surface area (Å²) in [5.74, 6) is -0.128. The number of fused-ring (bicyclic) bond motifs is 1. The zero-order valence-corrected chi connectivity index (χ0v) is 18.1. The largest absolute Gasteiger partial charge is 0.348 e. The fourth-order valence-electron chi connectivity index (χ4n) is 3.51. The van der Waals surface area contributed by atoms with Gasteiger partial charge in [-0.1, -0.05) is 11.2 Å². The van der Waals surface area contributed by atoms with Crippen LogP contribution in [0.2, 0.25) is 0 Å². The number of carbonyl (C=O) groups excluding carboxylic acids is 1. The molecule has 0 unspecified atom stereocenters. The van der Waals surface area contributed by atoms with E-state index in [4.69, 9.17) is 4.52 Å². The average molecular weight is 401 g/mol. The van der Waals surface area contributed by atoms with Crippen LogP contribution in [0.5, 0.6) is 0 Å². The number of nitrogens with zero attached hydrogens (tertiary/aromatic N) is 3. The Kier molecular flexibility index (Phi) is 6.15. The molecular formula is C21H28N4O2S. The fourth-order valence-corrected chi connectivity index (χ4v) is 4.19. The Bertz CT molecular complexity index is 939. The number of thiophene rings is 1. The molecule has 0 bridgehead atoms. The smallest absolute Gasteiger partial charge is 0.259 e. The van der Waals surface area contributed by atoms with E-state index in [-0.39, 0.29) is 11.9 Å². The van der Waals surface area contributed by atoms with Gasteiger partial charge in [0.2, 0.25) is 0 Å². The number of carbonyl (C=O) groups is 1. The van der Waals surface area contributed by atoms with Gasteiger partial charge in [-0.15, -0.1) is 11.3 Å². The van der Waals surface area contributed by atoms with Gasteiger partial charge in [0.05, 0.1) is 27.2 Å². The van der Waals surface area contributed by atoms with Crippen molar-refractivity contribution in [3.05, 3.63) is 34.8 Å². The van der Waals surface area contributed by atoms with Gasteiger partial charge >= 0.3 is 0 Å². The van der Waals surface area contributed by atoms with Gasteiger partial charge in [-0.2, -0.15) is 0 Å². The molecule has 28 heavy (non-hydrogen) atoms. The second-order valence-electron chi connectivity index (χ2n) is 7.74. The van der Waals surface area contributed by atoms with Crippen molar-refractivity contribution in [2.75, 3.05) is 6.54 Å². The highest BCUT2D eigenvalue weighted by atomic mass is 32.1. The van der Waals surface area contributed by atoms with E-state index in [1.54, 1.807) is 11.3 Å². The topological polar surface area (TPSA) is 71.3 Å². The zero-order valence-electron chi connectivity index (χ0n) is 17.3. The maximum atomic E-state index is 13.1. The predicted molar refractivity (Wildman–Crippen MR) is 114 cm³/mol. The van der Waals surface area contributed by atoms with Crippen molar-refractivity contribution in [3.8, 4) is 10.6 Å². The molecule has 1 atom stereocenters. The number of amides is 1. The van der Waals surface area contributed by atoms with E-state index >= 15 is 0 Å². The SMILES string of the molecule is Cc1noc2nc(-c3cccs3)cc(C(=O)N[C@@H](C)CN(C(C)C)C(C)C)c12. The molecule has 0 aromatic carbocycles. The van der Waals surface area contributed by atoms with Gasteiger partial charge in [-0.3, -0.25) is 9.69 Å². The molecule has 0 aliphatic heterocycles. The summed E-state index contributed by atoms with van der Waals surface area (Å²) in [6, 6.07) is 6.62. The molecule has 0 radical (unpaired) electrons. The van der Waals surface area contributed by atoms with Gasteiger partial charge in [0.1, 0.15) is 0 Å². The summed E-state index contributed by atoms with van der Waals surface area (Å²) in [6.07, 6.45) is 0. The van der Waals surface area contributed by atoms with E-state index in [1.807, 2.05) is 37.4 Å². The van der Waals surface area contributed by atoms with Crippen LogP contribution >= 0.6 is 11.3 Å². The van der Waals surface area contributed by atoms with Crippen LogP contribution in [0, 0.1) is 6.92 Å². The van der Waals surface area contributed by atoms with E-state index < -0.39 is 0 Å². The zero-order chi connectivity index (χ0) is 20.4. The van der Waals surface area contributed by atoms with Gasteiger partial charge in [0.15, 0.2) is 0 Å². The average Bonchev–Trinajstić information content (AvgIpc) is 3.28. The summed E-state index contributed by atoms with van der Waals surface area (Å²) in [5, 5.41) is 9.82. The number of hydrogen-bond acceptors (Lipinski definition) is 6.